The molecule has 4 heteroatoms. The summed E-state index contributed by atoms with van der Waals surface area (Å²) in [7, 11) is 1.64. The van der Waals surface area contributed by atoms with Crippen LogP contribution in [0.1, 0.15) is 37.4 Å². The number of hydrogen-bond donors (Lipinski definition) is 2. The van der Waals surface area contributed by atoms with Crippen molar-refractivity contribution in [3.8, 4) is 5.75 Å². The number of ether oxygens (including phenoxy) is 1. The lowest BCUT2D eigenvalue weighted by Gasteiger charge is -2.17. The molecule has 1 saturated carbocycles. The molecule has 0 spiro atoms. The van der Waals surface area contributed by atoms with Crippen molar-refractivity contribution in [2.75, 3.05) is 13.7 Å². The van der Waals surface area contributed by atoms with E-state index in [1.807, 2.05) is 18.2 Å². The molecule has 1 aliphatic rings. The normalized spacial score (nSPS) is 17.9. The summed E-state index contributed by atoms with van der Waals surface area (Å²) in [5.41, 5.74) is 0.910. The van der Waals surface area contributed by atoms with E-state index < -0.39 is 6.10 Å². The van der Waals surface area contributed by atoms with Gasteiger partial charge in [0.25, 0.3) is 0 Å². The van der Waals surface area contributed by atoms with Crippen LogP contribution in [-0.2, 0) is 0 Å². The third-order valence-electron chi connectivity index (χ3n) is 3.52. The van der Waals surface area contributed by atoms with Crippen molar-refractivity contribution >= 4 is 15.9 Å². The molecule has 100 valence electrons. The lowest BCUT2D eigenvalue weighted by Crippen LogP contribution is -2.30. The first kappa shape index (κ1) is 13.8. The van der Waals surface area contributed by atoms with Crippen molar-refractivity contribution in [2.24, 2.45) is 0 Å². The van der Waals surface area contributed by atoms with E-state index in [0.717, 1.165) is 15.8 Å². The average molecular weight is 314 g/mol. The fourth-order valence-electron chi connectivity index (χ4n) is 2.42. The second kappa shape index (κ2) is 6.55. The predicted molar refractivity (Wildman–Crippen MR) is 75.9 cm³/mol. The minimum atomic E-state index is -0.465. The Morgan fingerprint density at radius 2 is 2.17 bits per heavy atom. The number of methoxy groups -OCH3 is 1. The zero-order valence-corrected chi connectivity index (χ0v) is 12.2. The molecule has 0 aliphatic heterocycles. The first-order valence-electron chi connectivity index (χ1n) is 6.45. The van der Waals surface area contributed by atoms with Crippen molar-refractivity contribution in [2.45, 2.75) is 37.8 Å². The molecular formula is C14H20BrNO2. The average Bonchev–Trinajstić information content (AvgIpc) is 2.89. The fraction of sp³-hybridized carbons (Fsp3) is 0.571. The Labute approximate surface area is 117 Å². The van der Waals surface area contributed by atoms with E-state index >= 15 is 0 Å². The topological polar surface area (TPSA) is 41.5 Å². The highest BCUT2D eigenvalue weighted by molar-refractivity contribution is 9.10. The van der Waals surface area contributed by atoms with Gasteiger partial charge < -0.3 is 15.2 Å². The molecule has 0 heterocycles. The standard InChI is InChI=1S/C14H20BrNO2/c1-18-14-7-6-10(8-12(14)15)13(17)9-16-11-4-2-3-5-11/h6-8,11,13,16-17H,2-5,9H2,1H3. The monoisotopic (exact) mass is 313 g/mol. The van der Waals surface area contributed by atoms with Crippen molar-refractivity contribution in [1.29, 1.82) is 0 Å². The maximum absolute atomic E-state index is 10.1. The third kappa shape index (κ3) is 3.46. The van der Waals surface area contributed by atoms with Gasteiger partial charge >= 0.3 is 0 Å². The van der Waals surface area contributed by atoms with Crippen LogP contribution in [0.2, 0.25) is 0 Å². The summed E-state index contributed by atoms with van der Waals surface area (Å²) in [6.45, 7) is 0.615. The maximum Gasteiger partial charge on any atom is 0.133 e. The van der Waals surface area contributed by atoms with Gasteiger partial charge in [-0.05, 0) is 46.5 Å². The molecule has 1 aliphatic carbocycles. The van der Waals surface area contributed by atoms with Gasteiger partial charge in [-0.3, -0.25) is 0 Å². The molecule has 1 unspecified atom stereocenters. The van der Waals surface area contributed by atoms with E-state index in [1.165, 1.54) is 25.7 Å². The van der Waals surface area contributed by atoms with Gasteiger partial charge in [0, 0.05) is 12.6 Å². The fourth-order valence-corrected chi connectivity index (χ4v) is 2.97. The van der Waals surface area contributed by atoms with Crippen molar-refractivity contribution in [3.05, 3.63) is 28.2 Å². The Bertz CT molecular complexity index is 391. The smallest absolute Gasteiger partial charge is 0.133 e. The summed E-state index contributed by atoms with van der Waals surface area (Å²) in [4.78, 5) is 0. The number of aliphatic hydroxyl groups excluding tert-OH is 1. The molecule has 3 nitrogen and oxygen atoms in total. The minimum Gasteiger partial charge on any atom is -0.496 e. The Morgan fingerprint density at radius 1 is 1.44 bits per heavy atom. The Balaban J connectivity index is 1.91. The zero-order chi connectivity index (χ0) is 13.0. The molecule has 0 bridgehead atoms. The highest BCUT2D eigenvalue weighted by Crippen LogP contribution is 2.28. The van der Waals surface area contributed by atoms with E-state index in [-0.39, 0.29) is 0 Å². The molecule has 1 aromatic rings. The molecule has 1 fully saturated rings. The highest BCUT2D eigenvalue weighted by atomic mass is 79.9. The number of rotatable bonds is 5. The Kier molecular flexibility index (Phi) is 5.03. The summed E-state index contributed by atoms with van der Waals surface area (Å²) in [6.07, 6.45) is 4.62. The van der Waals surface area contributed by atoms with Crippen LogP contribution in [0, 0.1) is 0 Å². The second-order valence-corrected chi connectivity index (χ2v) is 5.65. The van der Waals surface area contributed by atoms with Crippen molar-refractivity contribution in [1.82, 2.24) is 5.32 Å². The summed E-state index contributed by atoms with van der Waals surface area (Å²) in [5.74, 6) is 0.787. The molecule has 0 radical (unpaired) electrons. The molecule has 2 rings (SSSR count). The molecule has 1 atom stereocenters. The Morgan fingerprint density at radius 3 is 2.78 bits per heavy atom. The largest absolute Gasteiger partial charge is 0.496 e. The number of hydrogen-bond acceptors (Lipinski definition) is 3. The van der Waals surface area contributed by atoms with E-state index in [4.69, 9.17) is 4.74 Å². The molecule has 0 saturated heterocycles. The van der Waals surface area contributed by atoms with Crippen LogP contribution >= 0.6 is 15.9 Å². The molecular weight excluding hydrogens is 294 g/mol. The van der Waals surface area contributed by atoms with Gasteiger partial charge in [0.05, 0.1) is 17.7 Å². The van der Waals surface area contributed by atoms with Gasteiger partial charge in [-0.25, -0.2) is 0 Å². The Hall–Kier alpha value is -0.580. The molecule has 1 aromatic carbocycles. The first-order valence-corrected chi connectivity index (χ1v) is 7.25. The van der Waals surface area contributed by atoms with Gasteiger partial charge in [0.1, 0.15) is 5.75 Å². The van der Waals surface area contributed by atoms with Crippen LogP contribution < -0.4 is 10.1 Å². The molecule has 0 amide bonds. The predicted octanol–water partition coefficient (Wildman–Crippen LogP) is 3.02. The van der Waals surface area contributed by atoms with Crippen LogP contribution in [0.15, 0.2) is 22.7 Å². The zero-order valence-electron chi connectivity index (χ0n) is 10.7. The van der Waals surface area contributed by atoms with Crippen LogP contribution in [0.3, 0.4) is 0 Å². The highest BCUT2D eigenvalue weighted by Gasteiger charge is 2.16. The van der Waals surface area contributed by atoms with Gasteiger partial charge in [-0.2, -0.15) is 0 Å². The van der Waals surface area contributed by atoms with E-state index in [1.54, 1.807) is 7.11 Å². The number of halogens is 1. The maximum atomic E-state index is 10.1. The number of nitrogens with one attached hydrogen (secondary N) is 1. The first-order chi connectivity index (χ1) is 8.70. The van der Waals surface area contributed by atoms with E-state index in [2.05, 4.69) is 21.2 Å². The molecule has 0 aromatic heterocycles. The second-order valence-electron chi connectivity index (χ2n) is 4.80. The number of benzene rings is 1. The van der Waals surface area contributed by atoms with Gasteiger partial charge in [-0.15, -0.1) is 0 Å². The minimum absolute atomic E-state index is 0.465. The third-order valence-corrected chi connectivity index (χ3v) is 4.14. The van der Waals surface area contributed by atoms with Crippen LogP contribution in [0.25, 0.3) is 0 Å². The van der Waals surface area contributed by atoms with Crippen LogP contribution in [0.4, 0.5) is 0 Å². The van der Waals surface area contributed by atoms with E-state index in [9.17, 15) is 5.11 Å². The van der Waals surface area contributed by atoms with Crippen LogP contribution in [0.5, 0.6) is 5.75 Å². The lowest BCUT2D eigenvalue weighted by molar-refractivity contribution is 0.170. The number of aliphatic hydroxyl groups is 1. The SMILES string of the molecule is COc1ccc(C(O)CNC2CCCC2)cc1Br. The molecule has 2 N–H and O–H groups in total. The summed E-state index contributed by atoms with van der Waals surface area (Å²) in [5, 5.41) is 13.6. The van der Waals surface area contributed by atoms with Crippen LogP contribution in [-0.4, -0.2) is 24.8 Å². The summed E-state index contributed by atoms with van der Waals surface area (Å²) in [6, 6.07) is 6.28. The van der Waals surface area contributed by atoms with Gasteiger partial charge in [-0.1, -0.05) is 18.9 Å². The van der Waals surface area contributed by atoms with E-state index in [0.29, 0.717) is 12.6 Å². The van der Waals surface area contributed by atoms with Crippen molar-refractivity contribution < 1.29 is 9.84 Å². The van der Waals surface area contributed by atoms with Gasteiger partial charge in [0.15, 0.2) is 0 Å². The van der Waals surface area contributed by atoms with Crippen molar-refractivity contribution in [3.63, 3.8) is 0 Å². The molecule has 18 heavy (non-hydrogen) atoms. The van der Waals surface area contributed by atoms with Gasteiger partial charge in [0.2, 0.25) is 0 Å². The summed E-state index contributed by atoms with van der Waals surface area (Å²) < 4.78 is 6.05. The summed E-state index contributed by atoms with van der Waals surface area (Å²) >= 11 is 3.44. The quantitative estimate of drug-likeness (QED) is 0.878. The lowest BCUT2D eigenvalue weighted by atomic mass is 10.1.